The van der Waals surface area contributed by atoms with Gasteiger partial charge in [-0.25, -0.2) is 13.2 Å². The molecule has 2 N–H and O–H groups in total. The maximum atomic E-state index is 12.1. The number of carboxylic acids is 1. The lowest BCUT2D eigenvalue weighted by Gasteiger charge is -2.17. The van der Waals surface area contributed by atoms with E-state index in [9.17, 15) is 18.3 Å². The van der Waals surface area contributed by atoms with Crippen molar-refractivity contribution in [2.75, 3.05) is 12.9 Å². The van der Waals surface area contributed by atoms with E-state index in [-0.39, 0.29) is 28.4 Å². The van der Waals surface area contributed by atoms with Crippen molar-refractivity contribution >= 4 is 15.8 Å². The molecule has 0 aliphatic rings. The van der Waals surface area contributed by atoms with E-state index >= 15 is 0 Å². The molecule has 0 radical (unpaired) electrons. The molecule has 0 atom stereocenters. The normalized spacial score (nSPS) is 12.2. The molecular weight excluding hydrogens is 284 g/mol. The Morgan fingerprint density at radius 3 is 2.40 bits per heavy atom. The van der Waals surface area contributed by atoms with Crippen LogP contribution in [0.2, 0.25) is 0 Å². The standard InChI is InChI=1S/C13H18O6S/c1-13(2,16)6-7-20(17,18)9-4-5-11(19-3)10(8-9)12(14)15/h4-5,8,16H,6-7H2,1-3H3,(H,14,15). The second-order valence-corrected chi connectivity index (χ2v) is 7.16. The van der Waals surface area contributed by atoms with E-state index in [0.717, 1.165) is 6.07 Å². The van der Waals surface area contributed by atoms with Crippen LogP contribution >= 0.6 is 0 Å². The third-order valence-corrected chi connectivity index (χ3v) is 4.46. The number of ether oxygens (including phenoxy) is 1. The summed E-state index contributed by atoms with van der Waals surface area (Å²) in [5.74, 6) is -1.43. The molecule has 0 aromatic heterocycles. The first-order chi connectivity index (χ1) is 9.07. The highest BCUT2D eigenvalue weighted by atomic mass is 32.2. The monoisotopic (exact) mass is 302 g/mol. The molecule has 112 valence electrons. The van der Waals surface area contributed by atoms with Crippen molar-refractivity contribution < 1.29 is 28.2 Å². The summed E-state index contributed by atoms with van der Waals surface area (Å²) >= 11 is 0. The second-order valence-electron chi connectivity index (χ2n) is 5.05. The first kappa shape index (κ1) is 16.5. The van der Waals surface area contributed by atoms with Crippen molar-refractivity contribution in [1.29, 1.82) is 0 Å². The molecule has 0 fully saturated rings. The van der Waals surface area contributed by atoms with Crippen LogP contribution in [0.4, 0.5) is 0 Å². The molecule has 0 saturated heterocycles. The predicted molar refractivity (Wildman–Crippen MR) is 72.9 cm³/mol. The van der Waals surface area contributed by atoms with Crippen LogP contribution in [-0.2, 0) is 9.84 Å². The topological polar surface area (TPSA) is 101 Å². The van der Waals surface area contributed by atoms with E-state index in [1.54, 1.807) is 0 Å². The Morgan fingerprint density at radius 1 is 1.35 bits per heavy atom. The number of benzene rings is 1. The number of rotatable bonds is 6. The molecule has 0 saturated carbocycles. The summed E-state index contributed by atoms with van der Waals surface area (Å²) in [6.07, 6.45) is 0.0593. The van der Waals surface area contributed by atoms with Crippen LogP contribution in [0, 0.1) is 0 Å². The van der Waals surface area contributed by atoms with Gasteiger partial charge in [-0.15, -0.1) is 0 Å². The largest absolute Gasteiger partial charge is 0.496 e. The Kier molecular flexibility index (Phi) is 4.77. The average molecular weight is 302 g/mol. The second kappa shape index (κ2) is 5.80. The van der Waals surface area contributed by atoms with Crippen molar-refractivity contribution in [3.05, 3.63) is 23.8 Å². The molecule has 1 aromatic carbocycles. The Balaban J connectivity index is 3.13. The molecular formula is C13H18O6S. The molecule has 0 heterocycles. The van der Waals surface area contributed by atoms with Crippen LogP contribution in [0.25, 0.3) is 0 Å². The van der Waals surface area contributed by atoms with Crippen molar-refractivity contribution in [3.8, 4) is 5.75 Å². The van der Waals surface area contributed by atoms with Gasteiger partial charge in [0.15, 0.2) is 9.84 Å². The van der Waals surface area contributed by atoms with E-state index in [1.165, 1.54) is 33.1 Å². The van der Waals surface area contributed by atoms with Crippen LogP contribution in [0.15, 0.2) is 23.1 Å². The first-order valence-corrected chi connectivity index (χ1v) is 7.58. The lowest BCUT2D eigenvalue weighted by Crippen LogP contribution is -2.23. The van der Waals surface area contributed by atoms with Gasteiger partial charge < -0.3 is 14.9 Å². The lowest BCUT2D eigenvalue weighted by molar-refractivity contribution is 0.0692. The summed E-state index contributed by atoms with van der Waals surface area (Å²) in [4.78, 5) is 11.0. The zero-order valence-electron chi connectivity index (χ0n) is 11.6. The number of sulfone groups is 1. The van der Waals surface area contributed by atoms with Gasteiger partial charge in [0, 0.05) is 0 Å². The summed E-state index contributed by atoms with van der Waals surface area (Å²) in [6.45, 7) is 3.03. The molecule has 1 rings (SSSR count). The van der Waals surface area contributed by atoms with E-state index in [0.29, 0.717) is 0 Å². The molecule has 7 heteroatoms. The quantitative estimate of drug-likeness (QED) is 0.822. The first-order valence-electron chi connectivity index (χ1n) is 5.93. The van der Waals surface area contributed by atoms with E-state index in [1.807, 2.05) is 0 Å². The molecule has 0 bridgehead atoms. The third kappa shape index (κ3) is 4.21. The summed E-state index contributed by atoms with van der Waals surface area (Å²) in [7, 11) is -2.34. The number of hydrogen-bond donors (Lipinski definition) is 2. The number of aliphatic hydroxyl groups is 1. The molecule has 6 nitrogen and oxygen atoms in total. The van der Waals surface area contributed by atoms with Crippen LogP contribution in [-0.4, -0.2) is 43.1 Å². The fraction of sp³-hybridized carbons (Fsp3) is 0.462. The van der Waals surface area contributed by atoms with Gasteiger partial charge in [-0.05, 0) is 38.5 Å². The van der Waals surface area contributed by atoms with E-state index in [2.05, 4.69) is 0 Å². The summed E-state index contributed by atoms with van der Waals surface area (Å²) < 4.78 is 29.1. The smallest absolute Gasteiger partial charge is 0.339 e. The maximum absolute atomic E-state index is 12.1. The van der Waals surface area contributed by atoms with Crippen molar-refractivity contribution in [2.45, 2.75) is 30.8 Å². The van der Waals surface area contributed by atoms with Gasteiger partial charge in [0.2, 0.25) is 0 Å². The van der Waals surface area contributed by atoms with Gasteiger partial charge in [-0.3, -0.25) is 0 Å². The maximum Gasteiger partial charge on any atom is 0.339 e. The predicted octanol–water partition coefficient (Wildman–Crippen LogP) is 1.33. The number of carboxylic acid groups (broad SMARTS) is 1. The highest BCUT2D eigenvalue weighted by Crippen LogP contribution is 2.24. The molecule has 0 unspecified atom stereocenters. The molecule has 20 heavy (non-hydrogen) atoms. The molecule has 0 aliphatic heterocycles. The van der Waals surface area contributed by atoms with Crippen LogP contribution in [0.5, 0.6) is 5.75 Å². The minimum Gasteiger partial charge on any atom is -0.496 e. The fourth-order valence-electron chi connectivity index (χ4n) is 1.55. The number of carbonyl (C=O) groups is 1. The lowest BCUT2D eigenvalue weighted by atomic mass is 10.1. The van der Waals surface area contributed by atoms with Gasteiger partial charge in [0.05, 0.1) is 23.4 Å². The molecule has 1 aromatic rings. The average Bonchev–Trinajstić information content (AvgIpc) is 2.35. The third-order valence-electron chi connectivity index (χ3n) is 2.74. The number of hydrogen-bond acceptors (Lipinski definition) is 5. The van der Waals surface area contributed by atoms with Crippen LogP contribution in [0.3, 0.4) is 0 Å². The van der Waals surface area contributed by atoms with Gasteiger partial charge in [-0.1, -0.05) is 0 Å². The summed E-state index contributed by atoms with van der Waals surface area (Å²) in [6, 6.07) is 3.67. The highest BCUT2D eigenvalue weighted by molar-refractivity contribution is 7.91. The Hall–Kier alpha value is -1.60. The molecule has 0 amide bonds. The van der Waals surface area contributed by atoms with Crippen LogP contribution in [0.1, 0.15) is 30.6 Å². The minimum absolute atomic E-state index is 0.0593. The van der Waals surface area contributed by atoms with Gasteiger partial charge in [0.1, 0.15) is 11.3 Å². The minimum atomic E-state index is -3.65. The van der Waals surface area contributed by atoms with E-state index < -0.39 is 21.4 Å². The molecule has 0 aliphatic carbocycles. The zero-order chi connectivity index (χ0) is 15.6. The Morgan fingerprint density at radius 2 is 1.95 bits per heavy atom. The van der Waals surface area contributed by atoms with Gasteiger partial charge in [-0.2, -0.15) is 0 Å². The van der Waals surface area contributed by atoms with Crippen molar-refractivity contribution in [3.63, 3.8) is 0 Å². The SMILES string of the molecule is COc1ccc(S(=O)(=O)CCC(C)(C)O)cc1C(=O)O. The van der Waals surface area contributed by atoms with Crippen LogP contribution < -0.4 is 4.74 Å². The van der Waals surface area contributed by atoms with Gasteiger partial charge >= 0.3 is 5.97 Å². The summed E-state index contributed by atoms with van der Waals surface area (Å²) in [5, 5.41) is 18.6. The number of methoxy groups -OCH3 is 1. The molecule has 0 spiro atoms. The fourth-order valence-corrected chi connectivity index (χ4v) is 3.13. The zero-order valence-corrected chi connectivity index (χ0v) is 12.4. The van der Waals surface area contributed by atoms with Gasteiger partial charge in [0.25, 0.3) is 0 Å². The Labute approximate surface area is 117 Å². The van der Waals surface area contributed by atoms with Crippen molar-refractivity contribution in [1.82, 2.24) is 0 Å². The van der Waals surface area contributed by atoms with Crippen molar-refractivity contribution in [2.24, 2.45) is 0 Å². The summed E-state index contributed by atoms with van der Waals surface area (Å²) in [5.41, 5.74) is -1.31. The van der Waals surface area contributed by atoms with E-state index in [4.69, 9.17) is 9.84 Å². The number of aromatic carboxylic acids is 1. The Bertz CT molecular complexity index is 598. The highest BCUT2D eigenvalue weighted by Gasteiger charge is 2.23.